The maximum Gasteiger partial charge on any atom is 0.220 e. The fourth-order valence-corrected chi connectivity index (χ4v) is 3.15. The van der Waals surface area contributed by atoms with Gasteiger partial charge in [0.05, 0.1) is 24.4 Å². The molecule has 1 aromatic rings. The Kier molecular flexibility index (Phi) is 5.28. The summed E-state index contributed by atoms with van der Waals surface area (Å²) in [6.07, 6.45) is 4.50. The molecule has 2 heterocycles. The summed E-state index contributed by atoms with van der Waals surface area (Å²) in [6.45, 7) is 2.06. The Hall–Kier alpha value is -1.18. The Labute approximate surface area is 134 Å². The highest BCUT2D eigenvalue weighted by atomic mass is 32.1. The Balaban J connectivity index is 1.43. The fourth-order valence-electron chi connectivity index (χ4n) is 2.55. The molecule has 22 heavy (non-hydrogen) atoms. The molecule has 122 valence electrons. The molecule has 0 aromatic carbocycles. The zero-order valence-corrected chi connectivity index (χ0v) is 13.4. The Morgan fingerprint density at radius 2 is 2.36 bits per heavy atom. The number of carbonyl (C=O) groups is 1. The highest BCUT2D eigenvalue weighted by Crippen LogP contribution is 2.30. The molecule has 1 saturated carbocycles. The van der Waals surface area contributed by atoms with Crippen LogP contribution < -0.4 is 11.1 Å². The molecule has 1 amide bonds. The van der Waals surface area contributed by atoms with Crippen molar-refractivity contribution in [2.24, 2.45) is 5.92 Å². The van der Waals surface area contributed by atoms with E-state index < -0.39 is 0 Å². The molecule has 1 aliphatic carbocycles. The van der Waals surface area contributed by atoms with Gasteiger partial charge in [0, 0.05) is 25.0 Å². The molecule has 1 saturated heterocycles. The number of hydrogen-bond acceptors (Lipinski definition) is 6. The van der Waals surface area contributed by atoms with E-state index in [1.54, 1.807) is 0 Å². The van der Waals surface area contributed by atoms with Crippen molar-refractivity contribution in [2.45, 2.75) is 44.2 Å². The summed E-state index contributed by atoms with van der Waals surface area (Å²) in [5.74, 6) is 0.747. The summed E-state index contributed by atoms with van der Waals surface area (Å²) in [7, 11) is 0. The summed E-state index contributed by atoms with van der Waals surface area (Å²) in [5.41, 5.74) is 6.46. The second kappa shape index (κ2) is 7.39. The van der Waals surface area contributed by atoms with Gasteiger partial charge in [0.2, 0.25) is 5.91 Å². The first-order valence-corrected chi connectivity index (χ1v) is 8.77. The number of ether oxygens (including phenoxy) is 2. The molecule has 2 aliphatic rings. The summed E-state index contributed by atoms with van der Waals surface area (Å²) in [4.78, 5) is 16.3. The van der Waals surface area contributed by atoms with E-state index in [4.69, 9.17) is 15.2 Å². The Bertz CT molecular complexity index is 504. The average Bonchev–Trinajstić information content (AvgIpc) is 3.25. The molecule has 0 spiro atoms. The molecule has 0 unspecified atom stereocenters. The number of amides is 1. The number of thiazole rings is 1. The van der Waals surface area contributed by atoms with Gasteiger partial charge in [-0.05, 0) is 31.6 Å². The summed E-state index contributed by atoms with van der Waals surface area (Å²) >= 11 is 1.40. The average molecular weight is 325 g/mol. The molecule has 1 aromatic heterocycles. The number of aromatic nitrogens is 1. The van der Waals surface area contributed by atoms with Crippen molar-refractivity contribution < 1.29 is 14.3 Å². The first-order chi connectivity index (χ1) is 10.7. The molecule has 2 atom stereocenters. The maximum atomic E-state index is 12.1. The number of anilines is 1. The Morgan fingerprint density at radius 1 is 1.50 bits per heavy atom. The third-order valence-corrected chi connectivity index (χ3v) is 4.78. The zero-order valence-electron chi connectivity index (χ0n) is 12.6. The van der Waals surface area contributed by atoms with E-state index in [-0.39, 0.29) is 18.1 Å². The lowest BCUT2D eigenvalue weighted by Crippen LogP contribution is -2.50. The normalized spacial score (nSPS) is 25.1. The van der Waals surface area contributed by atoms with Crippen LogP contribution in [-0.2, 0) is 20.7 Å². The Morgan fingerprint density at radius 3 is 3.09 bits per heavy atom. The molecule has 2 fully saturated rings. The van der Waals surface area contributed by atoms with E-state index in [1.807, 2.05) is 5.38 Å². The van der Waals surface area contributed by atoms with E-state index in [0.29, 0.717) is 31.2 Å². The molecule has 6 nitrogen and oxygen atoms in total. The third-order valence-electron chi connectivity index (χ3n) is 4.06. The van der Waals surface area contributed by atoms with Gasteiger partial charge in [-0.15, -0.1) is 11.3 Å². The second-order valence-corrected chi connectivity index (χ2v) is 6.92. The van der Waals surface area contributed by atoms with Crippen LogP contribution in [0.4, 0.5) is 5.13 Å². The number of aryl methyl sites for hydroxylation is 1. The van der Waals surface area contributed by atoms with Gasteiger partial charge in [-0.25, -0.2) is 4.98 Å². The molecular formula is C15H23N3O3S. The van der Waals surface area contributed by atoms with E-state index in [0.717, 1.165) is 24.6 Å². The first kappa shape index (κ1) is 15.7. The third kappa shape index (κ3) is 4.66. The van der Waals surface area contributed by atoms with Crippen molar-refractivity contribution in [2.75, 3.05) is 25.6 Å². The molecule has 3 N–H and O–H groups in total. The number of carbonyl (C=O) groups excluding carboxylic acids is 1. The van der Waals surface area contributed by atoms with Crippen LogP contribution >= 0.6 is 11.3 Å². The van der Waals surface area contributed by atoms with Crippen LogP contribution in [0.25, 0.3) is 0 Å². The lowest BCUT2D eigenvalue weighted by molar-refractivity contribution is -0.126. The van der Waals surface area contributed by atoms with E-state index in [9.17, 15) is 4.79 Å². The van der Waals surface area contributed by atoms with Gasteiger partial charge >= 0.3 is 0 Å². The molecule has 7 heteroatoms. The molecular weight excluding hydrogens is 302 g/mol. The van der Waals surface area contributed by atoms with Crippen LogP contribution in [0.3, 0.4) is 0 Å². The fraction of sp³-hybridized carbons (Fsp3) is 0.733. The highest BCUT2D eigenvalue weighted by molar-refractivity contribution is 7.13. The number of nitrogens with zero attached hydrogens (tertiary/aromatic N) is 1. The molecule has 0 bridgehead atoms. The minimum absolute atomic E-state index is 0.0158. The number of nitrogens with two attached hydrogens (primary N) is 1. The van der Waals surface area contributed by atoms with Crippen molar-refractivity contribution in [3.8, 4) is 0 Å². The maximum absolute atomic E-state index is 12.1. The van der Waals surface area contributed by atoms with Gasteiger partial charge < -0.3 is 20.5 Å². The van der Waals surface area contributed by atoms with Crippen molar-refractivity contribution in [3.05, 3.63) is 11.1 Å². The van der Waals surface area contributed by atoms with Crippen molar-refractivity contribution >= 4 is 22.4 Å². The summed E-state index contributed by atoms with van der Waals surface area (Å²) in [5, 5.41) is 5.49. The van der Waals surface area contributed by atoms with Crippen LogP contribution in [0.1, 0.15) is 31.4 Å². The number of hydrogen-bond donors (Lipinski definition) is 2. The molecule has 0 radical (unpaired) electrons. The highest BCUT2D eigenvalue weighted by Gasteiger charge is 2.30. The minimum atomic E-state index is -0.0412. The lowest BCUT2D eigenvalue weighted by Gasteiger charge is -2.32. The van der Waals surface area contributed by atoms with Gasteiger partial charge in [-0.2, -0.15) is 0 Å². The van der Waals surface area contributed by atoms with Gasteiger partial charge in [0.1, 0.15) is 0 Å². The van der Waals surface area contributed by atoms with Crippen LogP contribution in [0.5, 0.6) is 0 Å². The predicted molar refractivity (Wildman–Crippen MR) is 84.7 cm³/mol. The smallest absolute Gasteiger partial charge is 0.220 e. The van der Waals surface area contributed by atoms with Gasteiger partial charge in [-0.1, -0.05) is 0 Å². The van der Waals surface area contributed by atoms with E-state index in [2.05, 4.69) is 10.3 Å². The standard InChI is InChI=1S/C15H23N3O3S/c16-15-17-11(9-22-15)3-4-14(19)18-12-8-20-6-5-13(12)21-7-10-1-2-10/h9-10,12-13H,1-8H2,(H2,16,17)(H,18,19)/t12-,13+/m1/s1. The van der Waals surface area contributed by atoms with Crippen molar-refractivity contribution in [1.29, 1.82) is 0 Å². The van der Waals surface area contributed by atoms with Crippen LogP contribution in [0.2, 0.25) is 0 Å². The molecule has 3 rings (SSSR count). The van der Waals surface area contributed by atoms with Crippen LogP contribution in [-0.4, -0.2) is 42.9 Å². The molecule has 1 aliphatic heterocycles. The second-order valence-electron chi connectivity index (χ2n) is 6.03. The number of nitrogen functional groups attached to an aromatic ring is 1. The van der Waals surface area contributed by atoms with Gasteiger partial charge in [0.25, 0.3) is 0 Å². The minimum Gasteiger partial charge on any atom is -0.379 e. The number of rotatable bonds is 7. The zero-order chi connectivity index (χ0) is 15.4. The largest absolute Gasteiger partial charge is 0.379 e. The lowest BCUT2D eigenvalue weighted by atomic mass is 10.1. The van der Waals surface area contributed by atoms with E-state index >= 15 is 0 Å². The summed E-state index contributed by atoms with van der Waals surface area (Å²) < 4.78 is 11.4. The van der Waals surface area contributed by atoms with Gasteiger partial charge in [-0.3, -0.25) is 4.79 Å². The van der Waals surface area contributed by atoms with Crippen LogP contribution in [0, 0.1) is 5.92 Å². The van der Waals surface area contributed by atoms with Crippen molar-refractivity contribution in [1.82, 2.24) is 10.3 Å². The summed E-state index contributed by atoms with van der Waals surface area (Å²) in [6, 6.07) is -0.0412. The topological polar surface area (TPSA) is 86.5 Å². The predicted octanol–water partition coefficient (Wildman–Crippen LogP) is 1.36. The SMILES string of the molecule is Nc1nc(CCC(=O)N[C@@H]2COCC[C@@H]2OCC2CC2)cs1. The van der Waals surface area contributed by atoms with Crippen LogP contribution in [0.15, 0.2) is 5.38 Å². The van der Waals surface area contributed by atoms with Crippen molar-refractivity contribution in [3.63, 3.8) is 0 Å². The van der Waals surface area contributed by atoms with Gasteiger partial charge in [0.15, 0.2) is 5.13 Å². The first-order valence-electron chi connectivity index (χ1n) is 7.89. The van der Waals surface area contributed by atoms with E-state index in [1.165, 1.54) is 24.2 Å². The number of nitrogens with one attached hydrogen (secondary N) is 1. The quantitative estimate of drug-likeness (QED) is 0.790. The monoisotopic (exact) mass is 325 g/mol.